The summed E-state index contributed by atoms with van der Waals surface area (Å²) in [5.74, 6) is 2.78. The van der Waals surface area contributed by atoms with Gasteiger partial charge < -0.3 is 10.1 Å². The SMILES string of the molecule is C#CCC(CC)NC1CC(OCC)C12CCC2. The van der Waals surface area contributed by atoms with Gasteiger partial charge in [0.15, 0.2) is 0 Å². The van der Waals surface area contributed by atoms with Crippen LogP contribution in [0.3, 0.4) is 0 Å². The topological polar surface area (TPSA) is 21.3 Å². The van der Waals surface area contributed by atoms with Crippen LogP contribution in [0.2, 0.25) is 0 Å². The minimum atomic E-state index is 0.456. The zero-order valence-electron chi connectivity index (χ0n) is 11.2. The molecule has 2 fully saturated rings. The fraction of sp³-hybridized carbons (Fsp3) is 0.867. The molecule has 2 aliphatic carbocycles. The van der Waals surface area contributed by atoms with Gasteiger partial charge in [0.1, 0.15) is 0 Å². The summed E-state index contributed by atoms with van der Waals surface area (Å²) in [4.78, 5) is 0. The zero-order chi connectivity index (χ0) is 12.3. The molecular formula is C15H25NO. The molecule has 0 aromatic heterocycles. The molecule has 2 rings (SSSR count). The van der Waals surface area contributed by atoms with Crippen LogP contribution < -0.4 is 5.32 Å². The summed E-state index contributed by atoms with van der Waals surface area (Å²) in [5.41, 5.74) is 0.456. The van der Waals surface area contributed by atoms with Gasteiger partial charge in [-0.05, 0) is 32.6 Å². The summed E-state index contributed by atoms with van der Waals surface area (Å²) in [6.07, 6.45) is 13.1. The van der Waals surface area contributed by atoms with E-state index >= 15 is 0 Å². The van der Waals surface area contributed by atoms with Crippen LogP contribution >= 0.6 is 0 Å². The van der Waals surface area contributed by atoms with E-state index in [-0.39, 0.29) is 0 Å². The van der Waals surface area contributed by atoms with Crippen LogP contribution in [0.25, 0.3) is 0 Å². The summed E-state index contributed by atoms with van der Waals surface area (Å²) < 4.78 is 5.86. The first-order valence-electron chi connectivity index (χ1n) is 7.08. The van der Waals surface area contributed by atoms with Gasteiger partial charge in [0.2, 0.25) is 0 Å². The largest absolute Gasteiger partial charge is 0.378 e. The van der Waals surface area contributed by atoms with Crippen molar-refractivity contribution in [2.45, 2.75) is 70.6 Å². The number of terminal acetylenes is 1. The van der Waals surface area contributed by atoms with Crippen molar-refractivity contribution < 1.29 is 4.74 Å². The predicted molar refractivity (Wildman–Crippen MR) is 70.8 cm³/mol. The van der Waals surface area contributed by atoms with E-state index in [0.717, 1.165) is 19.4 Å². The normalized spacial score (nSPS) is 31.4. The average molecular weight is 235 g/mol. The molecule has 0 aromatic rings. The lowest BCUT2D eigenvalue weighted by Gasteiger charge is -2.61. The molecule has 3 unspecified atom stereocenters. The molecule has 1 spiro atoms. The second kappa shape index (κ2) is 5.42. The smallest absolute Gasteiger partial charge is 0.0661 e. The minimum absolute atomic E-state index is 0.456. The Morgan fingerprint density at radius 2 is 2.24 bits per heavy atom. The highest BCUT2D eigenvalue weighted by atomic mass is 16.5. The molecule has 2 heteroatoms. The lowest BCUT2D eigenvalue weighted by Crippen LogP contribution is -2.68. The van der Waals surface area contributed by atoms with E-state index < -0.39 is 0 Å². The number of rotatable bonds is 6. The maximum absolute atomic E-state index is 5.86. The fourth-order valence-corrected chi connectivity index (χ4v) is 3.42. The van der Waals surface area contributed by atoms with E-state index in [1.165, 1.54) is 25.7 Å². The molecule has 3 atom stereocenters. The van der Waals surface area contributed by atoms with E-state index in [9.17, 15) is 0 Å². The Morgan fingerprint density at radius 3 is 2.71 bits per heavy atom. The number of hydrogen-bond acceptors (Lipinski definition) is 2. The van der Waals surface area contributed by atoms with Crippen LogP contribution in [0.5, 0.6) is 0 Å². The molecule has 0 bridgehead atoms. The van der Waals surface area contributed by atoms with Gasteiger partial charge in [-0.3, -0.25) is 0 Å². The maximum Gasteiger partial charge on any atom is 0.0661 e. The molecule has 0 radical (unpaired) electrons. The first kappa shape index (κ1) is 12.9. The van der Waals surface area contributed by atoms with Crippen LogP contribution in [-0.4, -0.2) is 24.8 Å². The Morgan fingerprint density at radius 1 is 1.47 bits per heavy atom. The first-order chi connectivity index (χ1) is 8.26. The lowest BCUT2D eigenvalue weighted by atomic mass is 9.51. The van der Waals surface area contributed by atoms with Gasteiger partial charge in [-0.15, -0.1) is 12.3 Å². The number of ether oxygens (including phenoxy) is 1. The first-order valence-corrected chi connectivity index (χ1v) is 7.08. The second-order valence-corrected chi connectivity index (χ2v) is 5.50. The van der Waals surface area contributed by atoms with E-state index in [2.05, 4.69) is 25.1 Å². The molecule has 0 heterocycles. The minimum Gasteiger partial charge on any atom is -0.378 e. The van der Waals surface area contributed by atoms with Crippen molar-refractivity contribution in [1.82, 2.24) is 5.32 Å². The Balaban J connectivity index is 1.88. The molecule has 0 aromatic carbocycles. The van der Waals surface area contributed by atoms with E-state index in [4.69, 9.17) is 11.2 Å². The maximum atomic E-state index is 5.86. The van der Waals surface area contributed by atoms with Gasteiger partial charge in [-0.1, -0.05) is 13.3 Å². The highest BCUT2D eigenvalue weighted by molar-refractivity contribution is 5.13. The zero-order valence-corrected chi connectivity index (χ0v) is 11.2. The third kappa shape index (κ3) is 2.23. The van der Waals surface area contributed by atoms with Crippen molar-refractivity contribution in [3.05, 3.63) is 0 Å². The van der Waals surface area contributed by atoms with Gasteiger partial charge in [0, 0.05) is 30.5 Å². The molecule has 1 N–H and O–H groups in total. The Bertz CT molecular complexity index is 290. The molecule has 2 nitrogen and oxygen atoms in total. The monoisotopic (exact) mass is 235 g/mol. The van der Waals surface area contributed by atoms with Crippen molar-refractivity contribution in [3.63, 3.8) is 0 Å². The van der Waals surface area contributed by atoms with E-state index in [1.807, 2.05) is 0 Å². The quantitative estimate of drug-likeness (QED) is 0.715. The third-order valence-electron chi connectivity index (χ3n) is 4.73. The molecule has 0 aliphatic heterocycles. The van der Waals surface area contributed by atoms with Gasteiger partial charge in [-0.2, -0.15) is 0 Å². The highest BCUT2D eigenvalue weighted by Crippen LogP contribution is 2.57. The summed E-state index contributed by atoms with van der Waals surface area (Å²) >= 11 is 0. The van der Waals surface area contributed by atoms with Crippen LogP contribution in [0, 0.1) is 17.8 Å². The van der Waals surface area contributed by atoms with Gasteiger partial charge in [0.25, 0.3) is 0 Å². The molecule has 2 aliphatic rings. The summed E-state index contributed by atoms with van der Waals surface area (Å²) in [5, 5.41) is 3.76. The molecule has 2 saturated carbocycles. The third-order valence-corrected chi connectivity index (χ3v) is 4.73. The van der Waals surface area contributed by atoms with Crippen LogP contribution in [-0.2, 0) is 4.74 Å². The molecule has 0 amide bonds. The van der Waals surface area contributed by atoms with Crippen molar-refractivity contribution >= 4 is 0 Å². The molecule has 96 valence electrons. The Hall–Kier alpha value is -0.520. The molecular weight excluding hydrogens is 210 g/mol. The number of nitrogens with one attached hydrogen (secondary N) is 1. The van der Waals surface area contributed by atoms with Crippen LogP contribution in [0.1, 0.15) is 52.4 Å². The Kier molecular flexibility index (Phi) is 4.12. The summed E-state index contributed by atoms with van der Waals surface area (Å²) in [7, 11) is 0. The van der Waals surface area contributed by atoms with Crippen molar-refractivity contribution in [2.75, 3.05) is 6.61 Å². The molecule has 0 saturated heterocycles. The number of hydrogen-bond donors (Lipinski definition) is 1. The van der Waals surface area contributed by atoms with Gasteiger partial charge in [-0.25, -0.2) is 0 Å². The van der Waals surface area contributed by atoms with Crippen molar-refractivity contribution in [2.24, 2.45) is 5.41 Å². The highest BCUT2D eigenvalue weighted by Gasteiger charge is 2.58. The predicted octanol–water partition coefficient (Wildman–Crippen LogP) is 2.73. The molecule has 17 heavy (non-hydrogen) atoms. The summed E-state index contributed by atoms with van der Waals surface area (Å²) in [6, 6.07) is 1.14. The van der Waals surface area contributed by atoms with E-state index in [1.54, 1.807) is 0 Å². The van der Waals surface area contributed by atoms with E-state index in [0.29, 0.717) is 23.6 Å². The van der Waals surface area contributed by atoms with Crippen LogP contribution in [0.4, 0.5) is 0 Å². The van der Waals surface area contributed by atoms with Gasteiger partial charge >= 0.3 is 0 Å². The fourth-order valence-electron chi connectivity index (χ4n) is 3.42. The van der Waals surface area contributed by atoms with Crippen molar-refractivity contribution in [1.29, 1.82) is 0 Å². The standard InChI is InChI=1S/C15H25NO/c1-4-8-12(5-2)16-13-11-14(17-6-3)15(13)9-7-10-15/h1,12-14,16H,5-11H2,2-3H3. The lowest BCUT2D eigenvalue weighted by molar-refractivity contribution is -0.174. The Labute approximate surface area is 105 Å². The van der Waals surface area contributed by atoms with Gasteiger partial charge in [0.05, 0.1) is 6.10 Å². The summed E-state index contributed by atoms with van der Waals surface area (Å²) in [6.45, 7) is 5.15. The average Bonchev–Trinajstić information content (AvgIpc) is 2.24. The van der Waals surface area contributed by atoms with Crippen molar-refractivity contribution in [3.8, 4) is 12.3 Å². The van der Waals surface area contributed by atoms with Crippen LogP contribution in [0.15, 0.2) is 0 Å². The second-order valence-electron chi connectivity index (χ2n) is 5.50.